The molecule has 0 aliphatic carbocycles. The highest BCUT2D eigenvalue weighted by Crippen LogP contribution is 2.23. The van der Waals surface area contributed by atoms with E-state index in [4.69, 9.17) is 14.4 Å². The Balaban J connectivity index is 1.25. The van der Waals surface area contributed by atoms with Crippen LogP contribution in [-0.2, 0) is 17.9 Å². The third kappa shape index (κ3) is 5.36. The zero-order valence-electron chi connectivity index (χ0n) is 16.8. The monoisotopic (exact) mass is 433 g/mol. The molecule has 2 aromatic heterocycles. The van der Waals surface area contributed by atoms with Crippen LogP contribution in [-0.4, -0.2) is 37.1 Å². The number of aromatic carboxylic acids is 1. The van der Waals surface area contributed by atoms with Crippen molar-refractivity contribution >= 4 is 17.6 Å². The summed E-state index contributed by atoms with van der Waals surface area (Å²) in [6.45, 7) is 0.608. The summed E-state index contributed by atoms with van der Waals surface area (Å²) in [5, 5.41) is 23.3. The topological polar surface area (TPSA) is 132 Å². The van der Waals surface area contributed by atoms with Crippen LogP contribution in [0.3, 0.4) is 0 Å². The van der Waals surface area contributed by atoms with E-state index < -0.39 is 5.97 Å². The molecule has 0 aliphatic rings. The lowest BCUT2D eigenvalue weighted by Crippen LogP contribution is -2.14. The molecule has 10 nitrogen and oxygen atoms in total. The number of ether oxygens (including phenoxy) is 1. The number of aromatic nitrogens is 4. The van der Waals surface area contributed by atoms with Crippen LogP contribution < -0.4 is 10.1 Å². The number of carbonyl (C=O) groups is 2. The molecule has 1 amide bonds. The number of amides is 1. The van der Waals surface area contributed by atoms with Crippen molar-refractivity contribution in [2.75, 3.05) is 5.32 Å². The second-order valence-corrected chi connectivity index (χ2v) is 6.83. The summed E-state index contributed by atoms with van der Waals surface area (Å²) in [5.74, 6) is -0.298. The Morgan fingerprint density at radius 2 is 1.88 bits per heavy atom. The number of para-hydroxylation sites is 1. The van der Waals surface area contributed by atoms with Gasteiger partial charge in [-0.3, -0.25) is 9.48 Å². The summed E-state index contributed by atoms with van der Waals surface area (Å²) in [5.41, 5.74) is 1.90. The Hall–Kier alpha value is -4.47. The Morgan fingerprint density at radius 3 is 2.59 bits per heavy atom. The number of hydrogen-bond donors (Lipinski definition) is 2. The number of carboxylic acid groups (broad SMARTS) is 1. The minimum absolute atomic E-state index is 0.105. The summed E-state index contributed by atoms with van der Waals surface area (Å²) in [4.78, 5) is 22.9. The van der Waals surface area contributed by atoms with Crippen molar-refractivity contribution in [3.63, 3.8) is 0 Å². The second kappa shape index (κ2) is 9.56. The van der Waals surface area contributed by atoms with E-state index in [0.29, 0.717) is 29.3 Å². The number of rotatable bonds is 9. The molecule has 4 aromatic rings. The Labute approximate surface area is 182 Å². The molecule has 0 atom stereocenters. The maximum absolute atomic E-state index is 12.0. The molecule has 0 radical (unpaired) electrons. The van der Waals surface area contributed by atoms with Crippen LogP contribution in [0.25, 0.3) is 11.3 Å². The van der Waals surface area contributed by atoms with Crippen molar-refractivity contribution in [1.29, 1.82) is 0 Å². The van der Waals surface area contributed by atoms with Crippen LogP contribution in [0.4, 0.5) is 5.69 Å². The minimum atomic E-state index is -1.15. The third-order valence-corrected chi connectivity index (χ3v) is 4.47. The van der Waals surface area contributed by atoms with Gasteiger partial charge in [0.25, 0.3) is 0 Å². The van der Waals surface area contributed by atoms with E-state index in [-0.39, 0.29) is 24.6 Å². The van der Waals surface area contributed by atoms with E-state index in [0.717, 1.165) is 5.69 Å². The Bertz CT molecular complexity index is 1200. The van der Waals surface area contributed by atoms with E-state index in [9.17, 15) is 9.59 Å². The summed E-state index contributed by atoms with van der Waals surface area (Å²) in [6.07, 6.45) is 2.00. The normalized spacial score (nSPS) is 10.6. The molecule has 0 fully saturated rings. The van der Waals surface area contributed by atoms with Crippen LogP contribution in [0.15, 0.2) is 71.4 Å². The fraction of sp³-hybridized carbons (Fsp3) is 0.136. The van der Waals surface area contributed by atoms with Gasteiger partial charge in [0.2, 0.25) is 5.91 Å². The molecule has 0 unspecified atom stereocenters. The standard InChI is InChI=1S/C22H19N5O5/c28-21(23-16-4-2-1-3-5-16)10-11-27-13-17(24-26-27)14-31-18-8-6-15(7-9-18)20-12-19(22(29)30)25-32-20/h1-9,12-13H,10-11,14H2,(H,23,28)(H,29,30). The molecular weight excluding hydrogens is 414 g/mol. The zero-order chi connectivity index (χ0) is 22.3. The maximum Gasteiger partial charge on any atom is 0.358 e. The van der Waals surface area contributed by atoms with Crippen LogP contribution in [0.1, 0.15) is 22.6 Å². The van der Waals surface area contributed by atoms with E-state index >= 15 is 0 Å². The molecule has 4 rings (SSSR count). The van der Waals surface area contributed by atoms with E-state index in [2.05, 4.69) is 20.8 Å². The lowest BCUT2D eigenvalue weighted by Gasteiger charge is -2.05. The molecule has 0 bridgehead atoms. The first-order valence-electron chi connectivity index (χ1n) is 9.74. The van der Waals surface area contributed by atoms with Gasteiger partial charge in [0, 0.05) is 23.7 Å². The molecule has 2 heterocycles. The Kier molecular flexibility index (Phi) is 6.21. The van der Waals surface area contributed by atoms with Crippen LogP contribution in [0.5, 0.6) is 5.75 Å². The molecule has 162 valence electrons. The molecule has 2 aromatic carbocycles. The van der Waals surface area contributed by atoms with Crippen LogP contribution in [0.2, 0.25) is 0 Å². The van der Waals surface area contributed by atoms with Crippen molar-refractivity contribution in [1.82, 2.24) is 20.2 Å². The van der Waals surface area contributed by atoms with E-state index in [1.54, 1.807) is 35.1 Å². The van der Waals surface area contributed by atoms with Gasteiger partial charge in [-0.1, -0.05) is 28.6 Å². The number of carbonyl (C=O) groups excluding carboxylic acids is 1. The number of carboxylic acids is 1. The maximum atomic E-state index is 12.0. The van der Waals surface area contributed by atoms with Crippen molar-refractivity contribution in [2.45, 2.75) is 19.6 Å². The molecule has 2 N–H and O–H groups in total. The first-order chi connectivity index (χ1) is 15.6. The average molecular weight is 433 g/mol. The number of nitrogens with zero attached hydrogens (tertiary/aromatic N) is 4. The van der Waals surface area contributed by atoms with Gasteiger partial charge >= 0.3 is 5.97 Å². The lowest BCUT2D eigenvalue weighted by atomic mass is 10.1. The average Bonchev–Trinajstić information content (AvgIpc) is 3.47. The SMILES string of the molecule is O=C(CCn1cc(COc2ccc(-c3cc(C(=O)O)no3)cc2)nn1)Nc1ccccc1. The molecule has 0 aliphatic heterocycles. The van der Waals surface area contributed by atoms with Gasteiger partial charge in [0.1, 0.15) is 18.1 Å². The minimum Gasteiger partial charge on any atom is -0.487 e. The van der Waals surface area contributed by atoms with E-state index in [1.165, 1.54) is 6.07 Å². The predicted molar refractivity (Wildman–Crippen MR) is 113 cm³/mol. The molecule has 0 spiro atoms. The van der Waals surface area contributed by atoms with Crippen molar-refractivity contribution < 1.29 is 24.0 Å². The molecular formula is C22H19N5O5. The highest BCUT2D eigenvalue weighted by molar-refractivity contribution is 5.90. The highest BCUT2D eigenvalue weighted by Gasteiger charge is 2.12. The van der Waals surface area contributed by atoms with Crippen molar-refractivity contribution in [2.24, 2.45) is 0 Å². The van der Waals surface area contributed by atoms with E-state index in [1.807, 2.05) is 30.3 Å². The summed E-state index contributed by atoms with van der Waals surface area (Å²) in [7, 11) is 0. The first-order valence-corrected chi connectivity index (χ1v) is 9.74. The molecule has 32 heavy (non-hydrogen) atoms. The summed E-state index contributed by atoms with van der Waals surface area (Å²) >= 11 is 0. The van der Waals surface area contributed by atoms with Gasteiger partial charge in [-0.15, -0.1) is 5.10 Å². The zero-order valence-corrected chi connectivity index (χ0v) is 16.8. The number of nitrogens with one attached hydrogen (secondary N) is 1. The fourth-order valence-electron chi connectivity index (χ4n) is 2.86. The van der Waals surface area contributed by atoms with Gasteiger partial charge < -0.3 is 19.7 Å². The first kappa shape index (κ1) is 20.8. The summed E-state index contributed by atoms with van der Waals surface area (Å²) < 4.78 is 12.3. The van der Waals surface area contributed by atoms with Gasteiger partial charge in [-0.2, -0.15) is 0 Å². The lowest BCUT2D eigenvalue weighted by molar-refractivity contribution is -0.116. The third-order valence-electron chi connectivity index (χ3n) is 4.47. The predicted octanol–water partition coefficient (Wildman–Crippen LogP) is 3.24. The number of hydrogen-bond acceptors (Lipinski definition) is 7. The molecule has 10 heteroatoms. The van der Waals surface area contributed by atoms with Crippen LogP contribution >= 0.6 is 0 Å². The molecule has 0 saturated heterocycles. The number of anilines is 1. The van der Waals surface area contributed by atoms with Gasteiger partial charge in [0.15, 0.2) is 11.5 Å². The number of aryl methyl sites for hydroxylation is 1. The quantitative estimate of drug-likeness (QED) is 0.411. The van der Waals surface area contributed by atoms with Gasteiger partial charge in [-0.05, 0) is 36.4 Å². The highest BCUT2D eigenvalue weighted by atomic mass is 16.5. The van der Waals surface area contributed by atoms with Gasteiger partial charge in [-0.25, -0.2) is 4.79 Å². The Morgan fingerprint density at radius 1 is 1.09 bits per heavy atom. The smallest absolute Gasteiger partial charge is 0.358 e. The number of benzene rings is 2. The molecule has 0 saturated carbocycles. The summed E-state index contributed by atoms with van der Waals surface area (Å²) in [6, 6.07) is 17.6. The van der Waals surface area contributed by atoms with Crippen LogP contribution in [0, 0.1) is 0 Å². The van der Waals surface area contributed by atoms with Crippen molar-refractivity contribution in [3.8, 4) is 17.1 Å². The van der Waals surface area contributed by atoms with Crippen molar-refractivity contribution in [3.05, 3.63) is 78.2 Å². The largest absolute Gasteiger partial charge is 0.487 e. The van der Waals surface area contributed by atoms with Gasteiger partial charge in [0.05, 0.1) is 12.7 Å². The fourth-order valence-corrected chi connectivity index (χ4v) is 2.86. The second-order valence-electron chi connectivity index (χ2n) is 6.83.